The third-order valence-electron chi connectivity index (χ3n) is 3.56. The van der Waals surface area contributed by atoms with Crippen LogP contribution in [0.5, 0.6) is 0 Å². The summed E-state index contributed by atoms with van der Waals surface area (Å²) in [5, 5.41) is 2.62. The lowest BCUT2D eigenvalue weighted by Crippen LogP contribution is -2.44. The molecule has 0 saturated carbocycles. The number of carbonyl (C=O) groups excluding carboxylic acids is 2. The van der Waals surface area contributed by atoms with Gasteiger partial charge in [-0.2, -0.15) is 0 Å². The lowest BCUT2D eigenvalue weighted by molar-refractivity contribution is -0.133. The SMILES string of the molecule is N[C@H](C(=O)NCC(=O)N1CCCCC1)c1ccccc1. The Morgan fingerprint density at radius 3 is 2.45 bits per heavy atom. The second-order valence-electron chi connectivity index (χ2n) is 5.05. The van der Waals surface area contributed by atoms with Gasteiger partial charge in [0.25, 0.3) is 0 Å². The molecule has 2 rings (SSSR count). The zero-order chi connectivity index (χ0) is 14.4. The van der Waals surface area contributed by atoms with E-state index in [1.54, 1.807) is 17.0 Å². The molecule has 3 N–H and O–H groups in total. The van der Waals surface area contributed by atoms with E-state index in [0.29, 0.717) is 0 Å². The first-order chi connectivity index (χ1) is 9.68. The van der Waals surface area contributed by atoms with Crippen LogP contribution >= 0.6 is 0 Å². The Kier molecular flexibility index (Phi) is 5.12. The molecule has 1 aliphatic rings. The third-order valence-corrected chi connectivity index (χ3v) is 3.56. The quantitative estimate of drug-likeness (QED) is 0.854. The van der Waals surface area contributed by atoms with Gasteiger partial charge in [-0.1, -0.05) is 30.3 Å². The van der Waals surface area contributed by atoms with Crippen LogP contribution in [0.15, 0.2) is 30.3 Å². The van der Waals surface area contributed by atoms with Gasteiger partial charge in [0.2, 0.25) is 11.8 Å². The summed E-state index contributed by atoms with van der Waals surface area (Å²) in [6.07, 6.45) is 3.27. The maximum Gasteiger partial charge on any atom is 0.241 e. The van der Waals surface area contributed by atoms with E-state index in [-0.39, 0.29) is 18.4 Å². The summed E-state index contributed by atoms with van der Waals surface area (Å²) >= 11 is 0. The summed E-state index contributed by atoms with van der Waals surface area (Å²) in [5.74, 6) is -0.347. The summed E-state index contributed by atoms with van der Waals surface area (Å²) in [6.45, 7) is 1.61. The molecule has 0 aliphatic carbocycles. The second kappa shape index (κ2) is 7.05. The molecule has 1 aromatic carbocycles. The van der Waals surface area contributed by atoms with Gasteiger partial charge in [-0.25, -0.2) is 0 Å². The number of nitrogens with two attached hydrogens (primary N) is 1. The Bertz CT molecular complexity index is 455. The van der Waals surface area contributed by atoms with E-state index in [2.05, 4.69) is 5.32 Å². The average molecular weight is 275 g/mol. The third kappa shape index (κ3) is 3.81. The van der Waals surface area contributed by atoms with Crippen LogP contribution in [0.4, 0.5) is 0 Å². The minimum Gasteiger partial charge on any atom is -0.345 e. The molecule has 0 unspecified atom stereocenters. The van der Waals surface area contributed by atoms with Crippen LogP contribution in [0, 0.1) is 0 Å². The molecule has 0 bridgehead atoms. The fourth-order valence-corrected chi connectivity index (χ4v) is 2.34. The largest absolute Gasteiger partial charge is 0.345 e. The van der Waals surface area contributed by atoms with Crippen molar-refractivity contribution in [3.63, 3.8) is 0 Å². The highest BCUT2D eigenvalue weighted by Crippen LogP contribution is 2.10. The van der Waals surface area contributed by atoms with E-state index >= 15 is 0 Å². The van der Waals surface area contributed by atoms with E-state index in [1.165, 1.54) is 6.42 Å². The van der Waals surface area contributed by atoms with E-state index in [1.807, 2.05) is 18.2 Å². The minimum atomic E-state index is -0.731. The molecule has 2 amide bonds. The maximum atomic E-state index is 11.9. The van der Waals surface area contributed by atoms with Crippen LogP contribution < -0.4 is 11.1 Å². The molecular formula is C15H21N3O2. The van der Waals surface area contributed by atoms with Crippen molar-refractivity contribution in [2.45, 2.75) is 25.3 Å². The van der Waals surface area contributed by atoms with Crippen molar-refractivity contribution in [1.29, 1.82) is 0 Å². The minimum absolute atomic E-state index is 0.0271. The molecule has 108 valence electrons. The number of hydrogen-bond donors (Lipinski definition) is 2. The number of piperidine rings is 1. The summed E-state index contributed by atoms with van der Waals surface area (Å²) in [6, 6.07) is 8.41. The molecule has 0 radical (unpaired) electrons. The second-order valence-corrected chi connectivity index (χ2v) is 5.05. The molecule has 5 nitrogen and oxygen atoms in total. The first kappa shape index (κ1) is 14.5. The fourth-order valence-electron chi connectivity index (χ4n) is 2.34. The number of hydrogen-bond acceptors (Lipinski definition) is 3. The Balaban J connectivity index is 1.81. The van der Waals surface area contributed by atoms with E-state index < -0.39 is 6.04 Å². The Morgan fingerprint density at radius 2 is 1.80 bits per heavy atom. The normalized spacial score (nSPS) is 16.6. The van der Waals surface area contributed by atoms with Crippen LogP contribution in [0.25, 0.3) is 0 Å². The maximum absolute atomic E-state index is 11.9. The molecule has 1 aliphatic heterocycles. The molecule has 1 heterocycles. The van der Waals surface area contributed by atoms with Gasteiger partial charge in [0.05, 0.1) is 6.54 Å². The topological polar surface area (TPSA) is 75.4 Å². The van der Waals surface area contributed by atoms with Crippen molar-refractivity contribution in [2.24, 2.45) is 5.73 Å². The number of likely N-dealkylation sites (tertiary alicyclic amines) is 1. The van der Waals surface area contributed by atoms with E-state index in [0.717, 1.165) is 31.5 Å². The number of benzene rings is 1. The standard InChI is InChI=1S/C15H21N3O2/c16-14(12-7-3-1-4-8-12)15(20)17-11-13(19)18-9-5-2-6-10-18/h1,3-4,7-8,14H,2,5-6,9-11,16H2,(H,17,20)/t14-/m0/s1. The molecule has 5 heteroatoms. The van der Waals surface area contributed by atoms with Crippen LogP contribution in [0.1, 0.15) is 30.9 Å². The molecule has 0 spiro atoms. The zero-order valence-electron chi connectivity index (χ0n) is 11.5. The molecule has 1 atom stereocenters. The van der Waals surface area contributed by atoms with Crippen LogP contribution in [0.3, 0.4) is 0 Å². The van der Waals surface area contributed by atoms with Gasteiger partial charge in [-0.3, -0.25) is 9.59 Å². The van der Waals surface area contributed by atoms with Gasteiger partial charge in [0.1, 0.15) is 6.04 Å². The molecule has 20 heavy (non-hydrogen) atoms. The first-order valence-electron chi connectivity index (χ1n) is 7.04. The first-order valence-corrected chi connectivity index (χ1v) is 7.04. The summed E-state index contributed by atoms with van der Waals surface area (Å²) < 4.78 is 0. The van der Waals surface area contributed by atoms with Gasteiger partial charge >= 0.3 is 0 Å². The monoisotopic (exact) mass is 275 g/mol. The lowest BCUT2D eigenvalue weighted by atomic mass is 10.1. The van der Waals surface area contributed by atoms with Crippen molar-refractivity contribution in [2.75, 3.05) is 19.6 Å². The number of nitrogens with zero attached hydrogens (tertiary/aromatic N) is 1. The van der Waals surface area contributed by atoms with Gasteiger partial charge in [0, 0.05) is 13.1 Å². The van der Waals surface area contributed by atoms with Crippen molar-refractivity contribution in [1.82, 2.24) is 10.2 Å². The predicted molar refractivity (Wildman–Crippen MR) is 76.8 cm³/mol. The number of rotatable bonds is 4. The number of carbonyl (C=O) groups is 2. The van der Waals surface area contributed by atoms with Gasteiger partial charge in [0.15, 0.2) is 0 Å². The van der Waals surface area contributed by atoms with E-state index in [4.69, 9.17) is 5.73 Å². The van der Waals surface area contributed by atoms with Gasteiger partial charge in [-0.05, 0) is 24.8 Å². The van der Waals surface area contributed by atoms with Crippen molar-refractivity contribution < 1.29 is 9.59 Å². The lowest BCUT2D eigenvalue weighted by Gasteiger charge is -2.27. The van der Waals surface area contributed by atoms with Crippen molar-refractivity contribution >= 4 is 11.8 Å². The molecular weight excluding hydrogens is 254 g/mol. The van der Waals surface area contributed by atoms with E-state index in [9.17, 15) is 9.59 Å². The van der Waals surface area contributed by atoms with Gasteiger partial charge in [-0.15, -0.1) is 0 Å². The summed E-state index contributed by atoms with van der Waals surface area (Å²) in [7, 11) is 0. The van der Waals surface area contributed by atoms with Gasteiger partial charge < -0.3 is 16.0 Å². The number of amides is 2. The predicted octanol–water partition coefficient (Wildman–Crippen LogP) is 0.815. The highest BCUT2D eigenvalue weighted by molar-refractivity contribution is 5.88. The molecule has 1 aromatic rings. The van der Waals surface area contributed by atoms with Crippen LogP contribution in [0.2, 0.25) is 0 Å². The smallest absolute Gasteiger partial charge is 0.241 e. The molecule has 1 saturated heterocycles. The van der Waals surface area contributed by atoms with Crippen molar-refractivity contribution in [3.8, 4) is 0 Å². The van der Waals surface area contributed by atoms with Crippen LogP contribution in [-0.2, 0) is 9.59 Å². The highest BCUT2D eigenvalue weighted by atomic mass is 16.2. The Morgan fingerprint density at radius 1 is 1.15 bits per heavy atom. The fraction of sp³-hybridized carbons (Fsp3) is 0.467. The zero-order valence-corrected chi connectivity index (χ0v) is 11.5. The summed E-state index contributed by atoms with van der Waals surface area (Å²) in [4.78, 5) is 25.7. The molecule has 1 fully saturated rings. The molecule has 0 aromatic heterocycles. The Labute approximate surface area is 119 Å². The summed E-state index contributed by atoms with van der Waals surface area (Å²) in [5.41, 5.74) is 6.61. The highest BCUT2D eigenvalue weighted by Gasteiger charge is 2.19. The van der Waals surface area contributed by atoms with Crippen molar-refractivity contribution in [3.05, 3.63) is 35.9 Å². The Hall–Kier alpha value is -1.88. The average Bonchev–Trinajstić information content (AvgIpc) is 2.53. The number of nitrogens with one attached hydrogen (secondary N) is 1. The van der Waals surface area contributed by atoms with Crippen LogP contribution in [-0.4, -0.2) is 36.3 Å².